The Bertz CT molecular complexity index is 681. The van der Waals surface area contributed by atoms with E-state index in [2.05, 4.69) is 18.3 Å². The normalized spacial score (nSPS) is 22.4. The summed E-state index contributed by atoms with van der Waals surface area (Å²) >= 11 is 0. The van der Waals surface area contributed by atoms with Crippen molar-refractivity contribution >= 4 is 16.6 Å². The van der Waals surface area contributed by atoms with Crippen molar-refractivity contribution in [3.05, 3.63) is 40.7 Å². The summed E-state index contributed by atoms with van der Waals surface area (Å²) in [5, 5.41) is 4.66. The van der Waals surface area contributed by atoms with E-state index in [9.17, 15) is 4.79 Å². The van der Waals surface area contributed by atoms with Crippen molar-refractivity contribution in [2.75, 3.05) is 11.9 Å². The van der Waals surface area contributed by atoms with Gasteiger partial charge in [-0.05, 0) is 30.7 Å². The van der Waals surface area contributed by atoms with Crippen molar-refractivity contribution in [1.82, 2.24) is 4.57 Å². The number of anilines is 1. The molecule has 1 aliphatic carbocycles. The molecule has 1 aliphatic rings. The van der Waals surface area contributed by atoms with Crippen molar-refractivity contribution in [3.63, 3.8) is 0 Å². The molecule has 1 fully saturated rings. The molecule has 2 aromatic rings. The van der Waals surface area contributed by atoms with Gasteiger partial charge in [0.25, 0.3) is 5.56 Å². The number of benzene rings is 1. The number of aromatic nitrogens is 1. The molecule has 0 aliphatic heterocycles. The van der Waals surface area contributed by atoms with Crippen LogP contribution in [-0.4, -0.2) is 11.1 Å². The molecule has 0 radical (unpaired) electrons. The topological polar surface area (TPSA) is 34.0 Å². The molecule has 21 heavy (non-hydrogen) atoms. The lowest BCUT2D eigenvalue weighted by Gasteiger charge is -2.26. The number of rotatable bonds is 3. The monoisotopic (exact) mass is 284 g/mol. The third-order valence-corrected chi connectivity index (χ3v) is 4.87. The van der Waals surface area contributed by atoms with Crippen molar-refractivity contribution in [2.45, 2.75) is 32.6 Å². The van der Waals surface area contributed by atoms with Crippen LogP contribution in [0.5, 0.6) is 0 Å². The fraction of sp³-hybridized carbons (Fsp3) is 0.500. The van der Waals surface area contributed by atoms with Crippen molar-refractivity contribution in [2.24, 2.45) is 18.9 Å². The SMILES string of the molecule is CC1CCC(CNc2cc(=O)n(C)c3ccccc23)CC1. The molecule has 0 spiro atoms. The first-order chi connectivity index (χ1) is 10.1. The fourth-order valence-electron chi connectivity index (χ4n) is 3.34. The van der Waals surface area contributed by atoms with E-state index in [1.807, 2.05) is 25.2 Å². The van der Waals surface area contributed by atoms with Crippen LogP contribution in [0, 0.1) is 11.8 Å². The number of hydrogen-bond donors (Lipinski definition) is 1. The predicted molar refractivity (Wildman–Crippen MR) is 88.8 cm³/mol. The Morgan fingerprint density at radius 1 is 1.19 bits per heavy atom. The highest BCUT2D eigenvalue weighted by Gasteiger charge is 2.18. The van der Waals surface area contributed by atoms with Gasteiger partial charge in [-0.25, -0.2) is 0 Å². The molecule has 1 aromatic heterocycles. The molecule has 1 N–H and O–H groups in total. The molecule has 3 rings (SSSR count). The van der Waals surface area contributed by atoms with E-state index in [0.29, 0.717) is 0 Å². The van der Waals surface area contributed by atoms with Crippen molar-refractivity contribution in [3.8, 4) is 0 Å². The summed E-state index contributed by atoms with van der Waals surface area (Å²) in [4.78, 5) is 12.1. The number of aryl methyl sites for hydroxylation is 1. The van der Waals surface area contributed by atoms with Gasteiger partial charge < -0.3 is 9.88 Å². The van der Waals surface area contributed by atoms with Gasteiger partial charge in [-0.1, -0.05) is 38.0 Å². The van der Waals surface area contributed by atoms with E-state index < -0.39 is 0 Å². The summed E-state index contributed by atoms with van der Waals surface area (Å²) in [6, 6.07) is 9.83. The van der Waals surface area contributed by atoms with Crippen LogP contribution in [0.3, 0.4) is 0 Å². The van der Waals surface area contributed by atoms with Crippen LogP contribution in [0.2, 0.25) is 0 Å². The predicted octanol–water partition coefficient (Wildman–Crippen LogP) is 3.78. The average Bonchev–Trinajstić information content (AvgIpc) is 2.51. The molecule has 1 aromatic carbocycles. The van der Waals surface area contributed by atoms with Gasteiger partial charge in [0, 0.05) is 30.7 Å². The van der Waals surface area contributed by atoms with Crippen LogP contribution in [0.15, 0.2) is 35.1 Å². The lowest BCUT2D eigenvalue weighted by molar-refractivity contribution is 0.300. The molecule has 0 unspecified atom stereocenters. The number of para-hydroxylation sites is 1. The Morgan fingerprint density at radius 3 is 2.67 bits per heavy atom. The highest BCUT2D eigenvalue weighted by Crippen LogP contribution is 2.29. The van der Waals surface area contributed by atoms with Crippen LogP contribution in [0.4, 0.5) is 5.69 Å². The highest BCUT2D eigenvalue weighted by molar-refractivity contribution is 5.91. The lowest BCUT2D eigenvalue weighted by Crippen LogP contribution is -2.22. The number of nitrogens with zero attached hydrogens (tertiary/aromatic N) is 1. The first-order valence-corrected chi connectivity index (χ1v) is 7.98. The summed E-state index contributed by atoms with van der Waals surface area (Å²) in [5.41, 5.74) is 2.02. The molecule has 3 nitrogen and oxygen atoms in total. The van der Waals surface area contributed by atoms with Crippen LogP contribution in [0.25, 0.3) is 10.9 Å². The summed E-state index contributed by atoms with van der Waals surface area (Å²) in [6.45, 7) is 3.32. The van der Waals surface area contributed by atoms with Crippen LogP contribution >= 0.6 is 0 Å². The van der Waals surface area contributed by atoms with Gasteiger partial charge in [0.05, 0.1) is 5.52 Å². The zero-order valence-corrected chi connectivity index (χ0v) is 12.9. The number of fused-ring (bicyclic) bond motifs is 1. The standard InChI is InChI=1S/C18H24N2O/c1-13-7-9-14(10-8-13)12-19-16-11-18(21)20(2)17-6-4-3-5-15(16)17/h3-6,11,13-14,19H,7-10,12H2,1-2H3. The Labute approximate surface area is 126 Å². The molecule has 0 atom stereocenters. The van der Waals surface area contributed by atoms with E-state index in [1.165, 1.54) is 25.7 Å². The maximum atomic E-state index is 12.1. The molecule has 1 saturated carbocycles. The van der Waals surface area contributed by atoms with Gasteiger partial charge in [0.15, 0.2) is 0 Å². The molecular formula is C18H24N2O. The first kappa shape index (κ1) is 14.2. The number of nitrogens with one attached hydrogen (secondary N) is 1. The third-order valence-electron chi connectivity index (χ3n) is 4.87. The second-order valence-electron chi connectivity index (χ2n) is 6.48. The van der Waals surface area contributed by atoms with Gasteiger partial charge in [-0.2, -0.15) is 0 Å². The smallest absolute Gasteiger partial charge is 0.252 e. The summed E-state index contributed by atoms with van der Waals surface area (Å²) in [5.74, 6) is 1.62. The largest absolute Gasteiger partial charge is 0.384 e. The third kappa shape index (κ3) is 2.97. The molecule has 112 valence electrons. The van der Waals surface area contributed by atoms with E-state index in [-0.39, 0.29) is 5.56 Å². The van der Waals surface area contributed by atoms with E-state index in [1.54, 1.807) is 10.6 Å². The maximum Gasteiger partial charge on any atom is 0.252 e. The minimum absolute atomic E-state index is 0.0495. The Kier molecular flexibility index (Phi) is 4.00. The summed E-state index contributed by atoms with van der Waals surface area (Å²) < 4.78 is 1.71. The quantitative estimate of drug-likeness (QED) is 0.930. The van der Waals surface area contributed by atoms with Gasteiger partial charge in [-0.3, -0.25) is 4.79 Å². The summed E-state index contributed by atoms with van der Waals surface area (Å²) in [7, 11) is 1.83. The van der Waals surface area contributed by atoms with Crippen LogP contribution in [-0.2, 0) is 7.05 Å². The molecule has 0 amide bonds. The second kappa shape index (κ2) is 5.92. The van der Waals surface area contributed by atoms with Crippen LogP contribution in [0.1, 0.15) is 32.6 Å². The fourth-order valence-corrected chi connectivity index (χ4v) is 3.34. The minimum Gasteiger partial charge on any atom is -0.384 e. The average molecular weight is 284 g/mol. The van der Waals surface area contributed by atoms with E-state index in [4.69, 9.17) is 0 Å². The number of pyridine rings is 1. The maximum absolute atomic E-state index is 12.1. The Morgan fingerprint density at radius 2 is 1.90 bits per heavy atom. The highest BCUT2D eigenvalue weighted by atomic mass is 16.1. The molecule has 0 bridgehead atoms. The Hall–Kier alpha value is -1.77. The van der Waals surface area contributed by atoms with E-state index in [0.717, 1.165) is 35.0 Å². The second-order valence-corrected chi connectivity index (χ2v) is 6.48. The van der Waals surface area contributed by atoms with Crippen LogP contribution < -0.4 is 10.9 Å². The van der Waals surface area contributed by atoms with E-state index >= 15 is 0 Å². The van der Waals surface area contributed by atoms with Crippen molar-refractivity contribution in [1.29, 1.82) is 0 Å². The molecule has 0 saturated heterocycles. The van der Waals surface area contributed by atoms with Gasteiger partial charge in [-0.15, -0.1) is 0 Å². The minimum atomic E-state index is 0.0495. The molecule has 3 heteroatoms. The first-order valence-electron chi connectivity index (χ1n) is 7.98. The van der Waals surface area contributed by atoms with Gasteiger partial charge >= 0.3 is 0 Å². The zero-order valence-electron chi connectivity index (χ0n) is 12.9. The van der Waals surface area contributed by atoms with Gasteiger partial charge in [0.1, 0.15) is 0 Å². The lowest BCUT2D eigenvalue weighted by atomic mass is 9.83. The Balaban J connectivity index is 1.81. The number of hydrogen-bond acceptors (Lipinski definition) is 2. The molecule has 1 heterocycles. The van der Waals surface area contributed by atoms with Crippen molar-refractivity contribution < 1.29 is 0 Å². The molecular weight excluding hydrogens is 260 g/mol. The zero-order chi connectivity index (χ0) is 14.8. The van der Waals surface area contributed by atoms with Gasteiger partial charge in [0.2, 0.25) is 0 Å². The summed E-state index contributed by atoms with van der Waals surface area (Å²) in [6.07, 6.45) is 5.28.